The van der Waals surface area contributed by atoms with Gasteiger partial charge < -0.3 is 14.6 Å². The largest absolute Gasteiger partial charge is 0.484 e. The molecule has 10 heteroatoms. The number of ether oxygens (including phenoxy) is 1. The Bertz CT molecular complexity index is 1100. The second kappa shape index (κ2) is 8.31. The number of hydrogen-bond acceptors (Lipinski definition) is 6. The number of rotatable bonds is 7. The van der Waals surface area contributed by atoms with Crippen molar-refractivity contribution >= 4 is 27.4 Å². The van der Waals surface area contributed by atoms with E-state index in [1.54, 1.807) is 25.1 Å². The van der Waals surface area contributed by atoms with Gasteiger partial charge in [-0.1, -0.05) is 5.16 Å². The van der Waals surface area contributed by atoms with Gasteiger partial charge in [0.15, 0.2) is 12.4 Å². The molecular formula is C19H18FN3O5S. The summed E-state index contributed by atoms with van der Waals surface area (Å²) < 4.78 is 49.6. The van der Waals surface area contributed by atoms with Crippen LogP contribution in [0.15, 0.2) is 64.0 Å². The molecule has 1 aromatic heterocycles. The van der Waals surface area contributed by atoms with Crippen LogP contribution in [0.25, 0.3) is 0 Å². The predicted molar refractivity (Wildman–Crippen MR) is 104 cm³/mol. The number of carbonyl (C=O) groups is 1. The lowest BCUT2D eigenvalue weighted by Gasteiger charge is -2.19. The topological polar surface area (TPSA) is 102 Å². The summed E-state index contributed by atoms with van der Waals surface area (Å²) in [6, 6.07) is 12.3. The van der Waals surface area contributed by atoms with Gasteiger partial charge in [-0.05, 0) is 55.5 Å². The molecule has 152 valence electrons. The molecule has 0 saturated heterocycles. The summed E-state index contributed by atoms with van der Waals surface area (Å²) in [6.45, 7) is 1.45. The number of hydrogen-bond donors (Lipinski definition) is 1. The summed E-state index contributed by atoms with van der Waals surface area (Å²) in [7, 11) is -2.44. The second-order valence-corrected chi connectivity index (χ2v) is 8.05. The summed E-state index contributed by atoms with van der Waals surface area (Å²) in [5.41, 5.74) is 0.379. The Balaban J connectivity index is 1.61. The number of nitrogens with one attached hydrogen (secondary N) is 1. The van der Waals surface area contributed by atoms with Crippen LogP contribution < -0.4 is 14.4 Å². The maximum atomic E-state index is 13.0. The number of carbonyl (C=O) groups excluding carboxylic acids is 1. The van der Waals surface area contributed by atoms with Crippen LogP contribution in [-0.2, 0) is 14.8 Å². The fraction of sp³-hybridized carbons (Fsp3) is 0.158. The van der Waals surface area contributed by atoms with Crippen LogP contribution in [0.2, 0.25) is 0 Å². The van der Waals surface area contributed by atoms with Gasteiger partial charge in [0.1, 0.15) is 17.3 Å². The van der Waals surface area contributed by atoms with Crippen molar-refractivity contribution in [1.82, 2.24) is 5.16 Å². The highest BCUT2D eigenvalue weighted by molar-refractivity contribution is 7.92. The zero-order chi connectivity index (χ0) is 21.0. The van der Waals surface area contributed by atoms with Crippen LogP contribution in [0.3, 0.4) is 0 Å². The fourth-order valence-electron chi connectivity index (χ4n) is 2.41. The molecule has 1 N–H and O–H groups in total. The highest BCUT2D eigenvalue weighted by atomic mass is 32.2. The summed E-state index contributed by atoms with van der Waals surface area (Å²) in [5, 5.41) is 6.17. The molecule has 8 nitrogen and oxygen atoms in total. The molecule has 0 spiro atoms. The van der Waals surface area contributed by atoms with Gasteiger partial charge in [0, 0.05) is 13.1 Å². The van der Waals surface area contributed by atoms with Crippen molar-refractivity contribution in [2.24, 2.45) is 0 Å². The fourth-order valence-corrected chi connectivity index (χ4v) is 3.60. The maximum Gasteiger partial charge on any atom is 0.264 e. The first-order valence-electron chi connectivity index (χ1n) is 8.46. The zero-order valence-corrected chi connectivity index (χ0v) is 16.4. The van der Waals surface area contributed by atoms with Gasteiger partial charge in [-0.25, -0.2) is 12.8 Å². The zero-order valence-electron chi connectivity index (χ0n) is 15.6. The first-order valence-corrected chi connectivity index (χ1v) is 9.90. The van der Waals surface area contributed by atoms with Crippen molar-refractivity contribution in [2.45, 2.75) is 11.8 Å². The lowest BCUT2D eigenvalue weighted by atomic mass is 10.3. The Labute approximate surface area is 166 Å². The molecular weight excluding hydrogens is 401 g/mol. The van der Waals surface area contributed by atoms with E-state index in [2.05, 4.69) is 10.5 Å². The Morgan fingerprint density at radius 1 is 1.17 bits per heavy atom. The molecule has 0 aliphatic carbocycles. The molecule has 2 aromatic carbocycles. The molecule has 1 amide bonds. The van der Waals surface area contributed by atoms with Crippen LogP contribution in [0, 0.1) is 12.7 Å². The molecule has 0 unspecified atom stereocenters. The van der Waals surface area contributed by atoms with Gasteiger partial charge in [0.05, 0.1) is 10.6 Å². The predicted octanol–water partition coefficient (Wildman–Crippen LogP) is 2.96. The molecule has 1 heterocycles. The number of halogens is 1. The number of anilines is 2. The van der Waals surface area contributed by atoms with Crippen molar-refractivity contribution in [3.05, 3.63) is 66.2 Å². The van der Waals surface area contributed by atoms with E-state index in [1.807, 2.05) is 0 Å². The van der Waals surface area contributed by atoms with Crippen molar-refractivity contribution in [3.63, 3.8) is 0 Å². The van der Waals surface area contributed by atoms with E-state index in [9.17, 15) is 17.6 Å². The van der Waals surface area contributed by atoms with Gasteiger partial charge in [-0.2, -0.15) is 0 Å². The molecule has 0 atom stereocenters. The maximum absolute atomic E-state index is 13.0. The minimum Gasteiger partial charge on any atom is -0.484 e. The Kier molecular flexibility index (Phi) is 5.83. The third-order valence-electron chi connectivity index (χ3n) is 3.94. The molecule has 3 rings (SSSR count). The van der Waals surface area contributed by atoms with Crippen LogP contribution >= 0.6 is 0 Å². The highest BCUT2D eigenvalue weighted by Crippen LogP contribution is 2.24. The van der Waals surface area contributed by atoms with Crippen LogP contribution in [0.1, 0.15) is 5.76 Å². The quantitative estimate of drug-likeness (QED) is 0.632. The minimum atomic E-state index is -3.83. The average molecular weight is 419 g/mol. The Hall–Kier alpha value is -3.40. The highest BCUT2D eigenvalue weighted by Gasteiger charge is 2.21. The third-order valence-corrected chi connectivity index (χ3v) is 5.74. The number of aromatic nitrogens is 1. The van der Waals surface area contributed by atoms with E-state index in [4.69, 9.17) is 9.26 Å². The molecule has 0 radical (unpaired) electrons. The number of benzene rings is 2. The lowest BCUT2D eigenvalue weighted by molar-refractivity contribution is -0.118. The first kappa shape index (κ1) is 20.3. The van der Waals surface area contributed by atoms with E-state index in [0.29, 0.717) is 23.0 Å². The lowest BCUT2D eigenvalue weighted by Crippen LogP contribution is -2.26. The van der Waals surface area contributed by atoms with Gasteiger partial charge in [-0.3, -0.25) is 9.10 Å². The molecule has 0 aliphatic heterocycles. The van der Waals surface area contributed by atoms with Crippen molar-refractivity contribution in [3.8, 4) is 5.75 Å². The van der Waals surface area contributed by atoms with Gasteiger partial charge >= 0.3 is 0 Å². The summed E-state index contributed by atoms with van der Waals surface area (Å²) >= 11 is 0. The smallest absolute Gasteiger partial charge is 0.264 e. The molecule has 0 fully saturated rings. The van der Waals surface area contributed by atoms with Crippen LogP contribution in [0.4, 0.5) is 15.9 Å². The summed E-state index contributed by atoms with van der Waals surface area (Å²) in [4.78, 5) is 11.8. The second-order valence-electron chi connectivity index (χ2n) is 6.08. The van der Waals surface area contributed by atoms with E-state index in [1.165, 1.54) is 31.3 Å². The summed E-state index contributed by atoms with van der Waals surface area (Å²) in [6.07, 6.45) is 0. The molecule has 0 aliphatic rings. The van der Waals surface area contributed by atoms with Gasteiger partial charge in [0.2, 0.25) is 0 Å². The number of nitrogens with zero attached hydrogens (tertiary/aromatic N) is 2. The molecule has 29 heavy (non-hydrogen) atoms. The number of aryl methyl sites for hydroxylation is 1. The number of sulfonamides is 1. The van der Waals surface area contributed by atoms with E-state index in [-0.39, 0.29) is 11.5 Å². The Morgan fingerprint density at radius 3 is 2.41 bits per heavy atom. The van der Waals surface area contributed by atoms with E-state index in [0.717, 1.165) is 16.4 Å². The van der Waals surface area contributed by atoms with Gasteiger partial charge in [-0.15, -0.1) is 0 Å². The molecule has 3 aromatic rings. The number of amides is 1. The monoisotopic (exact) mass is 419 g/mol. The average Bonchev–Trinajstić information content (AvgIpc) is 3.11. The SMILES string of the molecule is Cc1cc(NC(=O)COc2ccc(N(C)S(=O)(=O)c3ccc(F)cc3)cc2)no1. The normalized spacial score (nSPS) is 11.1. The van der Waals surface area contributed by atoms with E-state index < -0.39 is 21.7 Å². The minimum absolute atomic E-state index is 0.0264. The standard InChI is InChI=1S/C19H18FN3O5S/c1-13-11-18(22-28-13)21-19(24)12-27-16-7-5-15(6-8-16)23(2)29(25,26)17-9-3-14(20)4-10-17/h3-11H,12H2,1-2H3,(H,21,22,24). The molecule has 0 bridgehead atoms. The van der Waals surface area contributed by atoms with Crippen molar-refractivity contribution in [2.75, 3.05) is 23.3 Å². The van der Waals surface area contributed by atoms with Crippen LogP contribution in [-0.4, -0.2) is 33.1 Å². The van der Waals surface area contributed by atoms with E-state index >= 15 is 0 Å². The van der Waals surface area contributed by atoms with Crippen molar-refractivity contribution < 1.29 is 26.9 Å². The van der Waals surface area contributed by atoms with Crippen molar-refractivity contribution in [1.29, 1.82) is 0 Å². The van der Waals surface area contributed by atoms with Crippen LogP contribution in [0.5, 0.6) is 5.75 Å². The first-order chi connectivity index (χ1) is 13.8. The van der Waals surface area contributed by atoms with Gasteiger partial charge in [0.25, 0.3) is 15.9 Å². The Morgan fingerprint density at radius 2 is 1.83 bits per heavy atom. The third kappa shape index (κ3) is 4.91. The molecule has 0 saturated carbocycles. The summed E-state index contributed by atoms with van der Waals surface area (Å²) in [5.74, 6) is 0.303.